The lowest BCUT2D eigenvalue weighted by atomic mass is 9.94. The number of halogens is 3. The first-order valence-electron chi connectivity index (χ1n) is 5.77. The molecule has 1 nitrogen and oxygen atoms in total. The van der Waals surface area contributed by atoms with Gasteiger partial charge in [0.25, 0.3) is 0 Å². The third kappa shape index (κ3) is 2.65. The fourth-order valence-corrected chi connectivity index (χ4v) is 2.38. The molecule has 0 saturated heterocycles. The van der Waals surface area contributed by atoms with Crippen LogP contribution in [0.1, 0.15) is 46.0 Å². The molecule has 0 radical (unpaired) electrons. The molecule has 0 aromatic carbocycles. The third-order valence-electron chi connectivity index (χ3n) is 3.45. The molecule has 2 atom stereocenters. The summed E-state index contributed by atoms with van der Waals surface area (Å²) in [6.45, 7) is 4.32. The van der Waals surface area contributed by atoms with Gasteiger partial charge in [-0.05, 0) is 38.1 Å². The lowest BCUT2D eigenvalue weighted by Gasteiger charge is -2.33. The SMILES string of the molecule is CCCNC1(C(F)(F)F)CCC(CC)C1. The molecule has 90 valence electrons. The highest BCUT2D eigenvalue weighted by Gasteiger charge is 2.57. The maximum Gasteiger partial charge on any atom is 0.406 e. The Morgan fingerprint density at radius 2 is 2.00 bits per heavy atom. The molecule has 0 amide bonds. The average Bonchev–Trinajstić information content (AvgIpc) is 2.58. The van der Waals surface area contributed by atoms with Gasteiger partial charge in [0.15, 0.2) is 0 Å². The van der Waals surface area contributed by atoms with Crippen molar-refractivity contribution in [2.75, 3.05) is 6.54 Å². The molecule has 1 saturated carbocycles. The van der Waals surface area contributed by atoms with Crippen molar-refractivity contribution in [1.29, 1.82) is 0 Å². The molecule has 2 unspecified atom stereocenters. The quantitative estimate of drug-likeness (QED) is 0.769. The normalized spacial score (nSPS) is 32.2. The Kier molecular flexibility index (Phi) is 4.04. The molecule has 1 fully saturated rings. The van der Waals surface area contributed by atoms with Gasteiger partial charge in [-0.1, -0.05) is 20.3 Å². The van der Waals surface area contributed by atoms with Crippen LogP contribution in [0.5, 0.6) is 0 Å². The van der Waals surface area contributed by atoms with E-state index in [0.29, 0.717) is 13.0 Å². The lowest BCUT2D eigenvalue weighted by molar-refractivity contribution is -0.195. The molecule has 0 aliphatic heterocycles. The summed E-state index contributed by atoms with van der Waals surface area (Å²) in [6, 6.07) is 0. The van der Waals surface area contributed by atoms with E-state index in [1.54, 1.807) is 0 Å². The van der Waals surface area contributed by atoms with Gasteiger partial charge in [0.05, 0.1) is 0 Å². The Balaban J connectivity index is 2.71. The Labute approximate surface area is 89.4 Å². The molecule has 1 N–H and O–H groups in total. The molecule has 0 aromatic heterocycles. The van der Waals surface area contributed by atoms with Crippen LogP contribution in [0.3, 0.4) is 0 Å². The largest absolute Gasteiger partial charge is 0.406 e. The van der Waals surface area contributed by atoms with Crippen LogP contribution in [-0.2, 0) is 0 Å². The maximum atomic E-state index is 13.0. The van der Waals surface area contributed by atoms with Crippen LogP contribution >= 0.6 is 0 Å². The number of hydrogen-bond donors (Lipinski definition) is 1. The summed E-state index contributed by atoms with van der Waals surface area (Å²) < 4.78 is 39.0. The van der Waals surface area contributed by atoms with Crippen LogP contribution in [0.15, 0.2) is 0 Å². The smallest absolute Gasteiger partial charge is 0.304 e. The van der Waals surface area contributed by atoms with E-state index in [2.05, 4.69) is 5.32 Å². The van der Waals surface area contributed by atoms with Gasteiger partial charge in [0.1, 0.15) is 5.54 Å². The van der Waals surface area contributed by atoms with Gasteiger partial charge in [0.2, 0.25) is 0 Å². The second-order valence-corrected chi connectivity index (χ2v) is 4.52. The van der Waals surface area contributed by atoms with Gasteiger partial charge < -0.3 is 5.32 Å². The first kappa shape index (κ1) is 12.8. The van der Waals surface area contributed by atoms with Crippen LogP contribution in [0, 0.1) is 5.92 Å². The monoisotopic (exact) mass is 223 g/mol. The summed E-state index contributed by atoms with van der Waals surface area (Å²) in [5, 5.41) is 2.72. The van der Waals surface area contributed by atoms with E-state index in [0.717, 1.165) is 12.8 Å². The lowest BCUT2D eigenvalue weighted by Crippen LogP contribution is -2.55. The molecule has 1 rings (SSSR count). The molecule has 0 bridgehead atoms. The minimum atomic E-state index is -4.11. The van der Waals surface area contributed by atoms with Gasteiger partial charge in [-0.15, -0.1) is 0 Å². The van der Waals surface area contributed by atoms with Crippen LogP contribution in [0.2, 0.25) is 0 Å². The standard InChI is InChI=1S/C11H20F3N/c1-3-7-15-10(11(12,13)14)6-5-9(4-2)8-10/h9,15H,3-8H2,1-2H3. The van der Waals surface area contributed by atoms with Crippen LogP contribution < -0.4 is 5.32 Å². The van der Waals surface area contributed by atoms with E-state index < -0.39 is 11.7 Å². The molecule has 1 aliphatic rings. The summed E-state index contributed by atoms with van der Waals surface area (Å²) in [6.07, 6.45) is -1.30. The fraction of sp³-hybridized carbons (Fsp3) is 1.00. The average molecular weight is 223 g/mol. The Hall–Kier alpha value is -0.250. The maximum absolute atomic E-state index is 13.0. The predicted octanol–water partition coefficient (Wildman–Crippen LogP) is 3.50. The van der Waals surface area contributed by atoms with Crippen molar-refractivity contribution >= 4 is 0 Å². The van der Waals surface area contributed by atoms with Gasteiger partial charge in [-0.2, -0.15) is 13.2 Å². The first-order valence-corrected chi connectivity index (χ1v) is 5.77. The number of alkyl halides is 3. The minimum absolute atomic E-state index is 0.232. The van der Waals surface area contributed by atoms with E-state index in [-0.39, 0.29) is 18.8 Å². The number of hydrogen-bond acceptors (Lipinski definition) is 1. The third-order valence-corrected chi connectivity index (χ3v) is 3.45. The first-order chi connectivity index (χ1) is 6.95. The molecule has 0 heterocycles. The minimum Gasteiger partial charge on any atom is -0.304 e. The molecule has 15 heavy (non-hydrogen) atoms. The summed E-state index contributed by atoms with van der Waals surface area (Å²) >= 11 is 0. The van der Waals surface area contributed by atoms with Crippen molar-refractivity contribution in [1.82, 2.24) is 5.32 Å². The Bertz CT molecular complexity index is 202. The Morgan fingerprint density at radius 3 is 2.40 bits per heavy atom. The Morgan fingerprint density at radius 1 is 1.33 bits per heavy atom. The van der Waals surface area contributed by atoms with Crippen molar-refractivity contribution in [3.05, 3.63) is 0 Å². The number of rotatable bonds is 4. The molecule has 0 spiro atoms. The molecule has 1 aliphatic carbocycles. The summed E-state index contributed by atoms with van der Waals surface area (Å²) in [5.41, 5.74) is -1.59. The topological polar surface area (TPSA) is 12.0 Å². The molecule has 4 heteroatoms. The van der Waals surface area contributed by atoms with E-state index in [1.807, 2.05) is 13.8 Å². The van der Waals surface area contributed by atoms with Gasteiger partial charge in [-0.3, -0.25) is 0 Å². The fourth-order valence-electron chi connectivity index (χ4n) is 2.38. The van der Waals surface area contributed by atoms with Crippen molar-refractivity contribution in [2.24, 2.45) is 5.92 Å². The zero-order valence-electron chi connectivity index (χ0n) is 9.45. The zero-order valence-corrected chi connectivity index (χ0v) is 9.45. The second kappa shape index (κ2) is 4.73. The van der Waals surface area contributed by atoms with E-state index in [1.165, 1.54) is 0 Å². The van der Waals surface area contributed by atoms with Crippen molar-refractivity contribution in [3.8, 4) is 0 Å². The van der Waals surface area contributed by atoms with Crippen LogP contribution in [-0.4, -0.2) is 18.3 Å². The van der Waals surface area contributed by atoms with Crippen molar-refractivity contribution in [3.63, 3.8) is 0 Å². The number of nitrogens with one attached hydrogen (secondary N) is 1. The summed E-state index contributed by atoms with van der Waals surface area (Å²) in [7, 11) is 0. The highest BCUT2D eigenvalue weighted by molar-refractivity contribution is 5.01. The van der Waals surface area contributed by atoms with Gasteiger partial charge in [-0.25, -0.2) is 0 Å². The highest BCUT2D eigenvalue weighted by Crippen LogP contribution is 2.46. The predicted molar refractivity (Wildman–Crippen MR) is 54.7 cm³/mol. The zero-order chi connectivity index (χ0) is 11.5. The second-order valence-electron chi connectivity index (χ2n) is 4.52. The van der Waals surface area contributed by atoms with Gasteiger partial charge in [0, 0.05) is 0 Å². The van der Waals surface area contributed by atoms with Crippen molar-refractivity contribution < 1.29 is 13.2 Å². The molecular weight excluding hydrogens is 203 g/mol. The summed E-state index contributed by atoms with van der Waals surface area (Å²) in [5.74, 6) is 0.232. The van der Waals surface area contributed by atoms with E-state index in [9.17, 15) is 13.2 Å². The van der Waals surface area contributed by atoms with Crippen LogP contribution in [0.25, 0.3) is 0 Å². The van der Waals surface area contributed by atoms with Crippen molar-refractivity contribution in [2.45, 2.75) is 57.7 Å². The van der Waals surface area contributed by atoms with E-state index in [4.69, 9.17) is 0 Å². The molecular formula is C11H20F3N. The highest BCUT2D eigenvalue weighted by atomic mass is 19.4. The molecule has 0 aromatic rings. The van der Waals surface area contributed by atoms with Gasteiger partial charge >= 0.3 is 6.18 Å². The van der Waals surface area contributed by atoms with E-state index >= 15 is 0 Å². The summed E-state index contributed by atoms with van der Waals surface area (Å²) in [4.78, 5) is 0. The van der Waals surface area contributed by atoms with Crippen LogP contribution in [0.4, 0.5) is 13.2 Å².